The molecule has 1 aliphatic rings. The second kappa shape index (κ2) is 5.07. The smallest absolute Gasteiger partial charge is 0.271 e. The number of aromatic nitrogens is 1. The average molecular weight is 254 g/mol. The van der Waals surface area contributed by atoms with Crippen molar-refractivity contribution >= 4 is 5.91 Å². The summed E-state index contributed by atoms with van der Waals surface area (Å²) in [5.41, 5.74) is 0.471. The van der Waals surface area contributed by atoms with Crippen molar-refractivity contribution < 1.29 is 4.79 Å². The quantitative estimate of drug-likeness (QED) is 0.871. The number of pyridine rings is 1. The van der Waals surface area contributed by atoms with Crippen molar-refractivity contribution in [3.05, 3.63) is 29.1 Å². The van der Waals surface area contributed by atoms with E-state index in [1.807, 2.05) is 6.07 Å². The van der Waals surface area contributed by atoms with Gasteiger partial charge in [0, 0.05) is 0 Å². The van der Waals surface area contributed by atoms with Gasteiger partial charge in [-0.05, 0) is 44.7 Å². The fourth-order valence-electron chi connectivity index (χ4n) is 2.33. The van der Waals surface area contributed by atoms with E-state index in [0.29, 0.717) is 24.1 Å². The number of nitrogens with zero attached hydrogens (tertiary/aromatic N) is 3. The van der Waals surface area contributed by atoms with Crippen molar-refractivity contribution in [2.24, 2.45) is 0 Å². The number of rotatable bonds is 2. The molecule has 0 atom stereocenters. The Hall–Kier alpha value is -2.40. The number of aryl methyl sites for hydroxylation is 1. The third-order valence-electron chi connectivity index (χ3n) is 3.46. The van der Waals surface area contributed by atoms with Crippen LogP contribution in [0, 0.1) is 29.6 Å². The Kier molecular flexibility index (Phi) is 3.48. The van der Waals surface area contributed by atoms with Gasteiger partial charge in [0.1, 0.15) is 17.3 Å². The Balaban J connectivity index is 2.19. The van der Waals surface area contributed by atoms with E-state index in [4.69, 9.17) is 5.26 Å². The Labute approximate surface area is 111 Å². The zero-order chi connectivity index (χ0) is 13.9. The van der Waals surface area contributed by atoms with Gasteiger partial charge >= 0.3 is 0 Å². The Bertz CT molecular complexity index is 588. The van der Waals surface area contributed by atoms with Crippen LogP contribution in [-0.4, -0.2) is 16.4 Å². The van der Waals surface area contributed by atoms with E-state index >= 15 is 0 Å². The van der Waals surface area contributed by atoms with Crippen LogP contribution in [0.1, 0.15) is 47.4 Å². The molecule has 5 nitrogen and oxygen atoms in total. The monoisotopic (exact) mass is 254 g/mol. The second-order valence-corrected chi connectivity index (χ2v) is 4.80. The van der Waals surface area contributed by atoms with E-state index < -0.39 is 5.54 Å². The van der Waals surface area contributed by atoms with Crippen LogP contribution < -0.4 is 5.32 Å². The molecule has 1 saturated carbocycles. The Morgan fingerprint density at radius 1 is 1.37 bits per heavy atom. The van der Waals surface area contributed by atoms with Crippen molar-refractivity contribution in [2.45, 2.75) is 38.1 Å². The molecule has 1 fully saturated rings. The zero-order valence-electron chi connectivity index (χ0n) is 10.7. The minimum atomic E-state index is -0.749. The summed E-state index contributed by atoms with van der Waals surface area (Å²) in [4.78, 5) is 16.2. The van der Waals surface area contributed by atoms with Gasteiger partial charge < -0.3 is 5.32 Å². The predicted octanol–water partition coefficient (Wildman–Crippen LogP) is 1.83. The summed E-state index contributed by atoms with van der Waals surface area (Å²) in [6.07, 6.45) is 3.27. The molecule has 2 rings (SSSR count). The number of carbonyl (C=O) groups excluding carboxylic acids is 1. The molecule has 0 radical (unpaired) electrons. The van der Waals surface area contributed by atoms with E-state index in [1.54, 1.807) is 13.0 Å². The highest BCUT2D eigenvalue weighted by Gasteiger charge is 2.35. The molecule has 96 valence electrons. The fourth-order valence-corrected chi connectivity index (χ4v) is 2.33. The molecular weight excluding hydrogens is 240 g/mol. The number of nitriles is 2. The van der Waals surface area contributed by atoms with E-state index in [2.05, 4.69) is 16.4 Å². The molecule has 1 aliphatic carbocycles. The summed E-state index contributed by atoms with van der Waals surface area (Å²) >= 11 is 0. The van der Waals surface area contributed by atoms with E-state index in [0.717, 1.165) is 12.8 Å². The molecule has 0 aliphatic heterocycles. The minimum absolute atomic E-state index is 0.248. The molecule has 0 aromatic carbocycles. The van der Waals surface area contributed by atoms with Crippen molar-refractivity contribution in [1.82, 2.24) is 10.3 Å². The summed E-state index contributed by atoms with van der Waals surface area (Å²) in [6, 6.07) is 7.30. The predicted molar refractivity (Wildman–Crippen MR) is 68.0 cm³/mol. The van der Waals surface area contributed by atoms with E-state index in [9.17, 15) is 10.1 Å². The van der Waals surface area contributed by atoms with Crippen LogP contribution in [0.25, 0.3) is 0 Å². The number of hydrogen-bond acceptors (Lipinski definition) is 4. The van der Waals surface area contributed by atoms with Crippen molar-refractivity contribution in [3.8, 4) is 12.1 Å². The maximum Gasteiger partial charge on any atom is 0.271 e. The van der Waals surface area contributed by atoms with E-state index in [-0.39, 0.29) is 11.6 Å². The molecule has 1 amide bonds. The van der Waals surface area contributed by atoms with Gasteiger partial charge in [-0.3, -0.25) is 4.79 Å². The minimum Gasteiger partial charge on any atom is -0.332 e. The lowest BCUT2D eigenvalue weighted by Crippen LogP contribution is -2.45. The molecular formula is C14H14N4O. The number of carbonyl (C=O) groups is 1. The highest BCUT2D eigenvalue weighted by molar-refractivity contribution is 5.93. The largest absolute Gasteiger partial charge is 0.332 e. The van der Waals surface area contributed by atoms with Crippen LogP contribution in [0.15, 0.2) is 12.1 Å². The highest BCUT2D eigenvalue weighted by atomic mass is 16.2. The van der Waals surface area contributed by atoms with Gasteiger partial charge in [-0.25, -0.2) is 4.98 Å². The van der Waals surface area contributed by atoms with Crippen LogP contribution in [0.4, 0.5) is 0 Å². The molecule has 1 N–H and O–H groups in total. The molecule has 0 unspecified atom stereocenters. The SMILES string of the molecule is Cc1nc(C(=O)NC2(C#N)CCCC2)ccc1C#N. The van der Waals surface area contributed by atoms with Gasteiger partial charge in [-0.1, -0.05) is 0 Å². The number of amides is 1. The first-order valence-corrected chi connectivity index (χ1v) is 6.22. The van der Waals surface area contributed by atoms with E-state index in [1.165, 1.54) is 6.07 Å². The van der Waals surface area contributed by atoms with Gasteiger partial charge in [-0.2, -0.15) is 10.5 Å². The van der Waals surface area contributed by atoms with Crippen molar-refractivity contribution in [1.29, 1.82) is 10.5 Å². The molecule has 1 heterocycles. The third kappa shape index (κ3) is 2.56. The number of hydrogen-bond donors (Lipinski definition) is 1. The van der Waals surface area contributed by atoms with Gasteiger partial charge in [0.15, 0.2) is 0 Å². The summed E-state index contributed by atoms with van der Waals surface area (Å²) in [6.45, 7) is 1.69. The third-order valence-corrected chi connectivity index (χ3v) is 3.46. The standard InChI is InChI=1S/C14H14N4O/c1-10-11(8-15)4-5-12(17-10)13(19)18-14(9-16)6-2-3-7-14/h4-5H,2-3,6-7H2,1H3,(H,18,19). The number of nitrogens with one attached hydrogen (secondary N) is 1. The van der Waals surface area contributed by atoms with Gasteiger partial charge in [0.25, 0.3) is 5.91 Å². The Morgan fingerprint density at radius 3 is 2.58 bits per heavy atom. The first kappa shape index (κ1) is 13.0. The summed E-state index contributed by atoms with van der Waals surface area (Å²) in [5, 5.41) is 20.8. The lowest BCUT2D eigenvalue weighted by Gasteiger charge is -2.21. The molecule has 1 aromatic rings. The van der Waals surface area contributed by atoms with Crippen LogP contribution in [-0.2, 0) is 0 Å². The van der Waals surface area contributed by atoms with Crippen LogP contribution in [0.5, 0.6) is 0 Å². The molecule has 0 saturated heterocycles. The van der Waals surface area contributed by atoms with Crippen LogP contribution in [0.2, 0.25) is 0 Å². The fraction of sp³-hybridized carbons (Fsp3) is 0.429. The van der Waals surface area contributed by atoms with Crippen molar-refractivity contribution in [2.75, 3.05) is 0 Å². The van der Waals surface area contributed by atoms with Gasteiger partial charge in [-0.15, -0.1) is 0 Å². The first-order chi connectivity index (χ1) is 9.10. The van der Waals surface area contributed by atoms with Crippen LogP contribution in [0.3, 0.4) is 0 Å². The molecule has 1 aromatic heterocycles. The lowest BCUT2D eigenvalue weighted by atomic mass is 9.99. The molecule has 0 bridgehead atoms. The molecule has 5 heteroatoms. The highest BCUT2D eigenvalue weighted by Crippen LogP contribution is 2.29. The summed E-state index contributed by atoms with van der Waals surface area (Å²) in [5.74, 6) is -0.351. The maximum atomic E-state index is 12.1. The summed E-state index contributed by atoms with van der Waals surface area (Å²) < 4.78 is 0. The molecule has 19 heavy (non-hydrogen) atoms. The lowest BCUT2D eigenvalue weighted by molar-refractivity contribution is 0.0915. The maximum absolute atomic E-state index is 12.1. The first-order valence-electron chi connectivity index (χ1n) is 6.22. The second-order valence-electron chi connectivity index (χ2n) is 4.80. The van der Waals surface area contributed by atoms with Crippen molar-refractivity contribution in [3.63, 3.8) is 0 Å². The zero-order valence-corrected chi connectivity index (χ0v) is 10.7. The normalized spacial score (nSPS) is 16.4. The average Bonchev–Trinajstić information content (AvgIpc) is 2.87. The molecule has 0 spiro atoms. The topological polar surface area (TPSA) is 89.6 Å². The Morgan fingerprint density at radius 2 is 2.05 bits per heavy atom. The van der Waals surface area contributed by atoms with Crippen LogP contribution >= 0.6 is 0 Å². The summed E-state index contributed by atoms with van der Waals surface area (Å²) in [7, 11) is 0. The van der Waals surface area contributed by atoms with Gasteiger partial charge in [0.2, 0.25) is 0 Å². The van der Waals surface area contributed by atoms with Gasteiger partial charge in [0.05, 0.1) is 17.3 Å².